The first-order valence-corrected chi connectivity index (χ1v) is 13.9. The summed E-state index contributed by atoms with van der Waals surface area (Å²) in [5, 5.41) is 14.8. The second kappa shape index (κ2) is 13.8. The van der Waals surface area contributed by atoms with Crippen molar-refractivity contribution >= 4 is 39.6 Å². The first-order valence-electron chi connectivity index (χ1n) is 13.1. The number of rotatable bonds is 11. The van der Waals surface area contributed by atoms with Gasteiger partial charge in [-0.25, -0.2) is 9.59 Å². The number of carbonyl (C=O) groups is 3. The van der Waals surface area contributed by atoms with Crippen molar-refractivity contribution in [1.82, 2.24) is 10.2 Å². The third-order valence-corrected chi connectivity index (χ3v) is 6.95. The van der Waals surface area contributed by atoms with Gasteiger partial charge in [-0.15, -0.1) is 0 Å². The van der Waals surface area contributed by atoms with E-state index in [4.69, 9.17) is 4.74 Å². The average molecular weight is 589 g/mol. The number of amides is 2. The van der Waals surface area contributed by atoms with E-state index in [-0.39, 0.29) is 12.5 Å². The molecule has 206 valence electrons. The Morgan fingerprint density at radius 2 is 1.82 bits per heavy atom. The molecule has 9 heteroatoms. The van der Waals surface area contributed by atoms with E-state index in [1.54, 1.807) is 32.9 Å². The number of hydrogen-bond acceptors (Lipinski definition) is 5. The van der Waals surface area contributed by atoms with Gasteiger partial charge in [-0.2, -0.15) is 0 Å². The molecule has 2 amide bonds. The monoisotopic (exact) mass is 587 g/mol. The lowest BCUT2D eigenvalue weighted by Gasteiger charge is -2.37. The molecule has 0 saturated heterocycles. The fourth-order valence-corrected chi connectivity index (χ4v) is 5.00. The van der Waals surface area contributed by atoms with Crippen LogP contribution in [0.2, 0.25) is 0 Å². The number of benzene rings is 2. The molecule has 0 saturated carbocycles. The molecule has 0 bridgehead atoms. The molecular weight excluding hydrogens is 550 g/mol. The van der Waals surface area contributed by atoms with E-state index in [2.05, 4.69) is 43.6 Å². The summed E-state index contributed by atoms with van der Waals surface area (Å²) >= 11 is 3.37. The molecule has 0 aliphatic heterocycles. The van der Waals surface area contributed by atoms with Crippen molar-refractivity contribution in [1.29, 1.82) is 0 Å². The highest BCUT2D eigenvalue weighted by Crippen LogP contribution is 2.34. The molecule has 3 N–H and O–H groups in total. The molecule has 2 aromatic rings. The lowest BCUT2D eigenvalue weighted by Crippen LogP contribution is -2.47. The minimum Gasteiger partial charge on any atom is -0.481 e. The second-order valence-corrected chi connectivity index (χ2v) is 11.5. The first kappa shape index (κ1) is 29.6. The van der Waals surface area contributed by atoms with E-state index >= 15 is 0 Å². The number of anilines is 1. The van der Waals surface area contributed by atoms with E-state index < -0.39 is 29.6 Å². The summed E-state index contributed by atoms with van der Waals surface area (Å²) in [6.45, 7) is 6.46. The molecule has 1 aliphatic carbocycles. The van der Waals surface area contributed by atoms with Gasteiger partial charge in [-0.1, -0.05) is 40.2 Å². The van der Waals surface area contributed by atoms with Gasteiger partial charge in [-0.3, -0.25) is 9.69 Å². The van der Waals surface area contributed by atoms with Crippen LogP contribution in [0.15, 0.2) is 53.0 Å². The van der Waals surface area contributed by atoms with Crippen LogP contribution in [0.3, 0.4) is 0 Å². The Hall–Kier alpha value is -2.91. The largest absolute Gasteiger partial charge is 0.481 e. The van der Waals surface area contributed by atoms with Gasteiger partial charge < -0.3 is 20.5 Å². The molecule has 2 atom stereocenters. The molecular formula is C29H38BrN3O5. The van der Waals surface area contributed by atoms with E-state index in [9.17, 15) is 19.5 Å². The highest BCUT2D eigenvalue weighted by atomic mass is 79.9. The van der Waals surface area contributed by atoms with Crippen molar-refractivity contribution in [3.8, 4) is 0 Å². The van der Waals surface area contributed by atoms with Gasteiger partial charge in [0.15, 0.2) is 0 Å². The van der Waals surface area contributed by atoms with Crippen LogP contribution in [0.25, 0.3) is 0 Å². The number of urea groups is 1. The van der Waals surface area contributed by atoms with Crippen LogP contribution in [-0.4, -0.2) is 52.7 Å². The summed E-state index contributed by atoms with van der Waals surface area (Å²) in [7, 11) is 0. The Morgan fingerprint density at radius 1 is 1.11 bits per heavy atom. The first-order chi connectivity index (χ1) is 18.0. The number of carbonyl (C=O) groups excluding carboxylic acids is 2. The van der Waals surface area contributed by atoms with E-state index in [1.807, 2.05) is 24.3 Å². The number of fused-ring (bicyclic) bond motifs is 1. The number of carboxylic acids is 1. The van der Waals surface area contributed by atoms with E-state index in [0.29, 0.717) is 31.6 Å². The number of nitrogens with zero attached hydrogens (tertiary/aromatic N) is 1. The third-order valence-electron chi connectivity index (χ3n) is 6.42. The highest BCUT2D eigenvalue weighted by Gasteiger charge is 2.30. The number of ether oxygens (including phenoxy) is 1. The molecule has 0 spiro atoms. The highest BCUT2D eigenvalue weighted by molar-refractivity contribution is 9.10. The maximum Gasteiger partial charge on any atom is 0.329 e. The zero-order valence-corrected chi connectivity index (χ0v) is 23.9. The normalized spacial score (nSPS) is 15.9. The Kier molecular flexibility index (Phi) is 10.7. The number of carboxylic acid groups (broad SMARTS) is 1. The van der Waals surface area contributed by atoms with Crippen LogP contribution in [-0.2, 0) is 20.7 Å². The summed E-state index contributed by atoms with van der Waals surface area (Å²) in [5.74, 6) is -1.33. The smallest absolute Gasteiger partial charge is 0.329 e. The van der Waals surface area contributed by atoms with Crippen molar-refractivity contribution in [3.63, 3.8) is 0 Å². The van der Waals surface area contributed by atoms with Gasteiger partial charge >= 0.3 is 18.0 Å². The SMILES string of the molecule is CC(C)(C)OC(=O)[C@H](CCN(CCCC(=O)O)C1CCCc2ccccc21)NC(=O)Nc1ccc(Br)cc1. The van der Waals surface area contributed by atoms with Crippen LogP contribution in [0.4, 0.5) is 10.5 Å². The number of hydrogen-bond donors (Lipinski definition) is 3. The van der Waals surface area contributed by atoms with Gasteiger partial charge in [0.25, 0.3) is 0 Å². The number of halogens is 1. The lowest BCUT2D eigenvalue weighted by atomic mass is 9.86. The van der Waals surface area contributed by atoms with Gasteiger partial charge in [0.1, 0.15) is 11.6 Å². The van der Waals surface area contributed by atoms with Crippen molar-refractivity contribution < 1.29 is 24.2 Å². The fraction of sp³-hybridized carbons (Fsp3) is 0.483. The van der Waals surface area contributed by atoms with Crippen molar-refractivity contribution in [3.05, 3.63) is 64.1 Å². The zero-order valence-electron chi connectivity index (χ0n) is 22.3. The summed E-state index contributed by atoms with van der Waals surface area (Å²) < 4.78 is 6.52. The summed E-state index contributed by atoms with van der Waals surface area (Å²) in [4.78, 5) is 39.4. The lowest BCUT2D eigenvalue weighted by molar-refractivity contribution is -0.157. The quantitative estimate of drug-likeness (QED) is 0.282. The Morgan fingerprint density at radius 3 is 2.50 bits per heavy atom. The molecule has 1 aliphatic rings. The van der Waals surface area contributed by atoms with Crippen LogP contribution in [0, 0.1) is 0 Å². The number of nitrogens with one attached hydrogen (secondary N) is 2. The van der Waals surface area contributed by atoms with Gasteiger partial charge in [0.2, 0.25) is 0 Å². The van der Waals surface area contributed by atoms with Crippen LogP contribution in [0.5, 0.6) is 0 Å². The van der Waals surface area contributed by atoms with Crippen LogP contribution < -0.4 is 10.6 Å². The fourth-order valence-electron chi connectivity index (χ4n) is 4.74. The molecule has 3 rings (SSSR count). The maximum absolute atomic E-state index is 13.1. The standard InChI is InChI=1S/C29H38BrN3O5/c1-29(2,3)38-27(36)24(32-28(37)31-22-15-13-21(30)14-16-22)17-19-33(18-7-12-26(34)35)25-11-6-9-20-8-4-5-10-23(20)25/h4-5,8,10,13-16,24-25H,6-7,9,11-12,17-19H2,1-3H3,(H,34,35)(H2,31,32,37)/t24-,25?/m0/s1. The summed E-state index contributed by atoms with van der Waals surface area (Å²) in [5.41, 5.74) is 2.46. The second-order valence-electron chi connectivity index (χ2n) is 10.6. The molecule has 1 unspecified atom stereocenters. The average Bonchev–Trinajstić information content (AvgIpc) is 2.85. The molecule has 0 aromatic heterocycles. The van der Waals surface area contributed by atoms with Crippen LogP contribution in [0.1, 0.15) is 70.0 Å². The maximum atomic E-state index is 13.1. The predicted molar refractivity (Wildman–Crippen MR) is 151 cm³/mol. The van der Waals surface area contributed by atoms with Crippen molar-refractivity contribution in [2.75, 3.05) is 18.4 Å². The van der Waals surface area contributed by atoms with Crippen LogP contribution >= 0.6 is 15.9 Å². The Bertz CT molecular complexity index is 1100. The van der Waals surface area contributed by atoms with Gasteiger partial charge in [-0.05, 0) is 94.8 Å². The summed E-state index contributed by atoms with van der Waals surface area (Å²) in [6.07, 6.45) is 3.93. The summed E-state index contributed by atoms with van der Waals surface area (Å²) in [6, 6.07) is 14.3. The van der Waals surface area contributed by atoms with Crippen molar-refractivity contribution in [2.24, 2.45) is 0 Å². The van der Waals surface area contributed by atoms with E-state index in [0.717, 1.165) is 23.7 Å². The van der Waals surface area contributed by atoms with Crippen molar-refractivity contribution in [2.45, 2.75) is 77.0 Å². The third kappa shape index (κ3) is 9.44. The number of aryl methyl sites for hydroxylation is 1. The van der Waals surface area contributed by atoms with Gasteiger partial charge in [0.05, 0.1) is 0 Å². The molecule has 2 aromatic carbocycles. The minimum absolute atomic E-state index is 0.0776. The molecule has 0 radical (unpaired) electrons. The topological polar surface area (TPSA) is 108 Å². The molecule has 8 nitrogen and oxygen atoms in total. The number of aliphatic carboxylic acids is 1. The molecule has 38 heavy (non-hydrogen) atoms. The zero-order chi connectivity index (χ0) is 27.7. The number of esters is 1. The molecule has 0 fully saturated rings. The van der Waals surface area contributed by atoms with Gasteiger partial charge in [0, 0.05) is 29.2 Å². The molecule has 0 heterocycles. The Labute approximate surface area is 233 Å². The Balaban J connectivity index is 1.76. The minimum atomic E-state index is -0.870. The van der Waals surface area contributed by atoms with E-state index in [1.165, 1.54) is 11.1 Å². The predicted octanol–water partition coefficient (Wildman–Crippen LogP) is 5.92.